The minimum absolute atomic E-state index is 0.0765. The number of esters is 1. The first-order valence-electron chi connectivity index (χ1n) is 4.85. The molecule has 1 rings (SSSR count). The van der Waals surface area contributed by atoms with Crippen molar-refractivity contribution in [2.75, 3.05) is 21.2 Å². The van der Waals surface area contributed by atoms with E-state index in [2.05, 4.69) is 4.90 Å². The highest BCUT2D eigenvalue weighted by molar-refractivity contribution is 5.70. The topological polar surface area (TPSA) is 29.5 Å². The van der Waals surface area contributed by atoms with Gasteiger partial charge in [-0.25, -0.2) is 0 Å². The van der Waals surface area contributed by atoms with Crippen molar-refractivity contribution in [3.63, 3.8) is 0 Å². The Labute approximate surface area is 80.1 Å². The van der Waals surface area contributed by atoms with E-state index in [-0.39, 0.29) is 11.5 Å². The number of nitrogens with zero attached hydrogens (tertiary/aromatic N) is 1. The summed E-state index contributed by atoms with van der Waals surface area (Å²) >= 11 is 0. The summed E-state index contributed by atoms with van der Waals surface area (Å²) in [5.41, 5.74) is 0.0765. The molecule has 3 heteroatoms. The van der Waals surface area contributed by atoms with Crippen LogP contribution in [-0.4, -0.2) is 37.6 Å². The molecule has 0 radical (unpaired) electrons. The molecule has 0 aromatic carbocycles. The second kappa shape index (κ2) is 4.09. The zero-order valence-corrected chi connectivity index (χ0v) is 8.80. The lowest BCUT2D eigenvalue weighted by molar-refractivity contribution is -0.143. The first kappa shape index (κ1) is 10.5. The highest BCUT2D eigenvalue weighted by Crippen LogP contribution is 2.36. The molecule has 13 heavy (non-hydrogen) atoms. The molecule has 0 bridgehead atoms. The third-order valence-corrected chi connectivity index (χ3v) is 3.18. The Bertz CT molecular complexity index is 183. The Kier molecular flexibility index (Phi) is 3.31. The zero-order valence-electron chi connectivity index (χ0n) is 8.80. The van der Waals surface area contributed by atoms with E-state index in [4.69, 9.17) is 4.74 Å². The molecule has 0 amide bonds. The normalized spacial score (nSPS) is 20.6. The van der Waals surface area contributed by atoms with Crippen molar-refractivity contribution in [1.82, 2.24) is 4.90 Å². The van der Waals surface area contributed by atoms with Gasteiger partial charge < -0.3 is 9.64 Å². The monoisotopic (exact) mass is 185 g/mol. The van der Waals surface area contributed by atoms with Gasteiger partial charge in [0.05, 0.1) is 13.5 Å². The number of rotatable bonds is 3. The summed E-state index contributed by atoms with van der Waals surface area (Å²) < 4.78 is 4.72. The third kappa shape index (κ3) is 2.21. The molecule has 0 aromatic heterocycles. The van der Waals surface area contributed by atoms with Gasteiger partial charge >= 0.3 is 5.97 Å². The summed E-state index contributed by atoms with van der Waals surface area (Å²) in [5, 5.41) is 0. The Balaban J connectivity index is 2.62. The lowest BCUT2D eigenvalue weighted by Crippen LogP contribution is -2.43. The summed E-state index contributed by atoms with van der Waals surface area (Å²) in [6.45, 7) is 0. The van der Waals surface area contributed by atoms with E-state index in [1.807, 2.05) is 14.1 Å². The molecule has 0 aliphatic heterocycles. The number of hydrogen-bond acceptors (Lipinski definition) is 3. The Morgan fingerprint density at radius 1 is 1.38 bits per heavy atom. The van der Waals surface area contributed by atoms with E-state index in [1.54, 1.807) is 0 Å². The van der Waals surface area contributed by atoms with Gasteiger partial charge in [-0.1, -0.05) is 12.8 Å². The minimum Gasteiger partial charge on any atom is -0.469 e. The summed E-state index contributed by atoms with van der Waals surface area (Å²) in [5.74, 6) is -0.0874. The van der Waals surface area contributed by atoms with Crippen LogP contribution < -0.4 is 0 Å². The number of ether oxygens (including phenoxy) is 1. The maximum atomic E-state index is 11.2. The highest BCUT2D eigenvalue weighted by atomic mass is 16.5. The van der Waals surface area contributed by atoms with E-state index in [0.29, 0.717) is 6.42 Å². The molecule has 1 saturated carbocycles. The second-order valence-corrected chi connectivity index (χ2v) is 4.08. The fourth-order valence-electron chi connectivity index (χ4n) is 2.16. The Morgan fingerprint density at radius 3 is 2.31 bits per heavy atom. The maximum Gasteiger partial charge on any atom is 0.307 e. The van der Waals surface area contributed by atoms with Gasteiger partial charge in [-0.2, -0.15) is 0 Å². The maximum absolute atomic E-state index is 11.2. The van der Waals surface area contributed by atoms with Crippen LogP contribution in [0.2, 0.25) is 0 Å². The fourth-order valence-corrected chi connectivity index (χ4v) is 2.16. The standard InChI is InChI=1S/C10H19NO2/c1-11(2)10(6-4-5-7-10)8-9(12)13-3/h4-8H2,1-3H3. The Hall–Kier alpha value is -0.570. The van der Waals surface area contributed by atoms with Gasteiger partial charge in [0.25, 0.3) is 0 Å². The van der Waals surface area contributed by atoms with Crippen LogP contribution in [0.25, 0.3) is 0 Å². The Morgan fingerprint density at radius 2 is 1.92 bits per heavy atom. The molecule has 0 spiro atoms. The van der Waals surface area contributed by atoms with E-state index >= 15 is 0 Å². The van der Waals surface area contributed by atoms with E-state index in [0.717, 1.165) is 12.8 Å². The summed E-state index contributed by atoms with van der Waals surface area (Å²) in [6, 6.07) is 0. The summed E-state index contributed by atoms with van der Waals surface area (Å²) in [7, 11) is 5.56. The highest BCUT2D eigenvalue weighted by Gasteiger charge is 2.38. The second-order valence-electron chi connectivity index (χ2n) is 4.08. The zero-order chi connectivity index (χ0) is 9.90. The average Bonchev–Trinajstić information content (AvgIpc) is 2.54. The average molecular weight is 185 g/mol. The van der Waals surface area contributed by atoms with Crippen LogP contribution in [0, 0.1) is 0 Å². The van der Waals surface area contributed by atoms with E-state index in [1.165, 1.54) is 20.0 Å². The predicted molar refractivity (Wildman–Crippen MR) is 51.5 cm³/mol. The number of methoxy groups -OCH3 is 1. The van der Waals surface area contributed by atoms with Gasteiger partial charge in [0.2, 0.25) is 0 Å². The summed E-state index contributed by atoms with van der Waals surface area (Å²) in [4.78, 5) is 13.4. The van der Waals surface area contributed by atoms with Crippen LogP contribution in [0.1, 0.15) is 32.1 Å². The lowest BCUT2D eigenvalue weighted by Gasteiger charge is -2.35. The molecule has 3 nitrogen and oxygen atoms in total. The molecule has 0 aromatic rings. The van der Waals surface area contributed by atoms with Crippen molar-refractivity contribution < 1.29 is 9.53 Å². The van der Waals surface area contributed by atoms with Crippen LogP contribution in [-0.2, 0) is 9.53 Å². The van der Waals surface area contributed by atoms with Crippen molar-refractivity contribution in [1.29, 1.82) is 0 Å². The van der Waals surface area contributed by atoms with Crippen molar-refractivity contribution in [3.05, 3.63) is 0 Å². The molecule has 1 aliphatic carbocycles. The third-order valence-electron chi connectivity index (χ3n) is 3.18. The van der Waals surface area contributed by atoms with Gasteiger partial charge in [0, 0.05) is 5.54 Å². The minimum atomic E-state index is -0.0874. The lowest BCUT2D eigenvalue weighted by atomic mass is 9.92. The molecule has 0 unspecified atom stereocenters. The van der Waals surface area contributed by atoms with Crippen LogP contribution >= 0.6 is 0 Å². The van der Waals surface area contributed by atoms with Crippen molar-refractivity contribution in [3.8, 4) is 0 Å². The molecule has 1 fully saturated rings. The molecule has 0 heterocycles. The van der Waals surface area contributed by atoms with Crippen LogP contribution in [0.4, 0.5) is 0 Å². The van der Waals surface area contributed by atoms with E-state index in [9.17, 15) is 4.79 Å². The van der Waals surface area contributed by atoms with Gasteiger partial charge in [-0.3, -0.25) is 4.79 Å². The fraction of sp³-hybridized carbons (Fsp3) is 0.900. The number of carbonyl (C=O) groups is 1. The van der Waals surface area contributed by atoms with Crippen molar-refractivity contribution >= 4 is 5.97 Å². The quantitative estimate of drug-likeness (QED) is 0.623. The SMILES string of the molecule is COC(=O)CC1(N(C)C)CCCC1. The predicted octanol–water partition coefficient (Wildman–Crippen LogP) is 1.42. The van der Waals surface area contributed by atoms with Crippen LogP contribution in [0.15, 0.2) is 0 Å². The summed E-state index contributed by atoms with van der Waals surface area (Å²) in [6.07, 6.45) is 5.24. The molecule has 0 atom stereocenters. The van der Waals surface area contributed by atoms with Gasteiger partial charge in [0.15, 0.2) is 0 Å². The smallest absolute Gasteiger partial charge is 0.307 e. The van der Waals surface area contributed by atoms with Gasteiger partial charge in [0.1, 0.15) is 0 Å². The first-order valence-corrected chi connectivity index (χ1v) is 4.85. The van der Waals surface area contributed by atoms with Gasteiger partial charge in [-0.15, -0.1) is 0 Å². The molecular weight excluding hydrogens is 166 g/mol. The number of carbonyl (C=O) groups excluding carboxylic acids is 1. The molecule has 0 N–H and O–H groups in total. The number of hydrogen-bond donors (Lipinski definition) is 0. The van der Waals surface area contributed by atoms with Crippen LogP contribution in [0.5, 0.6) is 0 Å². The van der Waals surface area contributed by atoms with Crippen molar-refractivity contribution in [2.24, 2.45) is 0 Å². The van der Waals surface area contributed by atoms with Gasteiger partial charge in [-0.05, 0) is 26.9 Å². The largest absolute Gasteiger partial charge is 0.469 e. The van der Waals surface area contributed by atoms with E-state index < -0.39 is 0 Å². The molecule has 1 aliphatic rings. The molecule has 0 saturated heterocycles. The first-order chi connectivity index (χ1) is 6.10. The van der Waals surface area contributed by atoms with Crippen molar-refractivity contribution in [2.45, 2.75) is 37.6 Å². The molecular formula is C10H19NO2. The molecule has 76 valence electrons. The van der Waals surface area contributed by atoms with Crippen LogP contribution in [0.3, 0.4) is 0 Å².